The number of carbonyl (C=O) groups is 3. The molecule has 0 N–H and O–H groups in total. The Morgan fingerprint density at radius 3 is 2.40 bits per heavy atom. The van der Waals surface area contributed by atoms with E-state index in [4.69, 9.17) is 4.84 Å². The van der Waals surface area contributed by atoms with Gasteiger partial charge in [-0.1, -0.05) is 48.2 Å². The molecule has 1 fully saturated rings. The van der Waals surface area contributed by atoms with Crippen LogP contribution in [0.15, 0.2) is 59.8 Å². The van der Waals surface area contributed by atoms with Crippen molar-refractivity contribution in [3.63, 3.8) is 0 Å². The van der Waals surface area contributed by atoms with Crippen LogP contribution < -0.4 is 0 Å². The summed E-state index contributed by atoms with van der Waals surface area (Å²) in [6.07, 6.45) is 1.86. The Morgan fingerprint density at radius 1 is 1.08 bits per heavy atom. The summed E-state index contributed by atoms with van der Waals surface area (Å²) >= 11 is 1.43. The fourth-order valence-corrected chi connectivity index (χ4v) is 3.49. The van der Waals surface area contributed by atoms with Gasteiger partial charge in [0, 0.05) is 24.3 Å². The normalized spacial score (nSPS) is 15.3. The number of benzene rings is 1. The number of aromatic nitrogens is 1. The van der Waals surface area contributed by atoms with E-state index in [1.807, 2.05) is 48.5 Å². The molecule has 0 bridgehead atoms. The molecule has 1 aromatic carbocycles. The van der Waals surface area contributed by atoms with Crippen molar-refractivity contribution in [2.45, 2.75) is 29.5 Å². The quantitative estimate of drug-likeness (QED) is 0.585. The first-order valence-corrected chi connectivity index (χ1v) is 8.70. The van der Waals surface area contributed by atoms with Gasteiger partial charge in [-0.3, -0.25) is 9.59 Å². The zero-order valence-electron chi connectivity index (χ0n) is 13.3. The fraction of sp³-hybridized carbons (Fsp3) is 0.222. The zero-order valence-corrected chi connectivity index (χ0v) is 14.1. The summed E-state index contributed by atoms with van der Waals surface area (Å²) in [6.45, 7) is 0. The standard InChI is InChI=1S/C18H16N2O4S/c21-16-9-10-17(22)20(16)24-18(23)12-14(13-6-2-1-3-7-13)25-15-8-4-5-11-19-15/h1-8,11,14H,9-10,12H2. The lowest BCUT2D eigenvalue weighted by atomic mass is 10.1. The van der Waals surface area contributed by atoms with E-state index in [-0.39, 0.29) is 24.5 Å². The highest BCUT2D eigenvalue weighted by Gasteiger charge is 2.33. The largest absolute Gasteiger partial charge is 0.334 e. The van der Waals surface area contributed by atoms with Crippen LogP contribution in [0.3, 0.4) is 0 Å². The summed E-state index contributed by atoms with van der Waals surface area (Å²) in [5, 5.41) is 1.12. The third-order valence-corrected chi connectivity index (χ3v) is 4.83. The van der Waals surface area contributed by atoms with Crippen molar-refractivity contribution < 1.29 is 19.2 Å². The third kappa shape index (κ3) is 4.45. The Morgan fingerprint density at radius 2 is 1.76 bits per heavy atom. The van der Waals surface area contributed by atoms with Gasteiger partial charge in [0.05, 0.1) is 11.4 Å². The van der Waals surface area contributed by atoms with Crippen LogP contribution in [0.1, 0.15) is 30.1 Å². The number of hydrogen-bond acceptors (Lipinski definition) is 6. The van der Waals surface area contributed by atoms with Gasteiger partial charge in [-0.15, -0.1) is 5.06 Å². The molecule has 0 spiro atoms. The molecule has 128 valence electrons. The molecular formula is C18H16N2O4S. The number of imide groups is 1. The van der Waals surface area contributed by atoms with E-state index in [2.05, 4.69) is 4.98 Å². The minimum atomic E-state index is -0.624. The van der Waals surface area contributed by atoms with Gasteiger partial charge in [-0.05, 0) is 17.7 Å². The molecule has 1 saturated heterocycles. The molecular weight excluding hydrogens is 340 g/mol. The van der Waals surface area contributed by atoms with Crippen molar-refractivity contribution in [3.8, 4) is 0 Å². The molecule has 2 amide bonds. The lowest BCUT2D eigenvalue weighted by Gasteiger charge is -2.18. The molecule has 2 aromatic rings. The minimum absolute atomic E-state index is 0.0162. The number of hydrogen-bond donors (Lipinski definition) is 0. The van der Waals surface area contributed by atoms with Crippen molar-refractivity contribution in [2.75, 3.05) is 0 Å². The first-order valence-electron chi connectivity index (χ1n) is 7.82. The van der Waals surface area contributed by atoms with Crippen molar-refractivity contribution in [1.29, 1.82) is 0 Å². The average molecular weight is 356 g/mol. The minimum Gasteiger partial charge on any atom is -0.330 e. The van der Waals surface area contributed by atoms with Gasteiger partial charge < -0.3 is 4.84 Å². The molecule has 1 aliphatic heterocycles. The van der Waals surface area contributed by atoms with E-state index < -0.39 is 17.8 Å². The second-order valence-electron chi connectivity index (χ2n) is 5.43. The van der Waals surface area contributed by atoms with E-state index in [1.165, 1.54) is 11.8 Å². The topological polar surface area (TPSA) is 76.6 Å². The molecule has 25 heavy (non-hydrogen) atoms. The summed E-state index contributed by atoms with van der Waals surface area (Å²) < 4.78 is 0. The summed E-state index contributed by atoms with van der Waals surface area (Å²) in [4.78, 5) is 44.7. The van der Waals surface area contributed by atoms with Gasteiger partial charge in [0.1, 0.15) is 0 Å². The van der Waals surface area contributed by atoms with Crippen LogP contribution in [0.5, 0.6) is 0 Å². The summed E-state index contributed by atoms with van der Waals surface area (Å²) in [5.74, 6) is -1.58. The zero-order chi connectivity index (χ0) is 17.6. The number of nitrogens with zero attached hydrogens (tertiary/aromatic N) is 2. The second kappa shape index (κ2) is 7.94. The molecule has 0 radical (unpaired) electrons. The first kappa shape index (κ1) is 17.2. The highest BCUT2D eigenvalue weighted by atomic mass is 32.2. The number of amides is 2. The van der Waals surface area contributed by atoms with Crippen LogP contribution in [0.4, 0.5) is 0 Å². The Labute approximate surface area is 149 Å². The van der Waals surface area contributed by atoms with Crippen LogP contribution in [-0.4, -0.2) is 27.8 Å². The molecule has 0 saturated carbocycles. The maximum Gasteiger partial charge on any atom is 0.334 e. The summed E-state index contributed by atoms with van der Waals surface area (Å²) in [5.41, 5.74) is 0.939. The molecule has 0 aliphatic carbocycles. The van der Waals surface area contributed by atoms with Gasteiger partial charge in [-0.25, -0.2) is 9.78 Å². The molecule has 3 rings (SSSR count). The Kier molecular flexibility index (Phi) is 5.45. The molecule has 7 heteroatoms. The number of rotatable bonds is 6. The van der Waals surface area contributed by atoms with Crippen molar-refractivity contribution in [2.24, 2.45) is 0 Å². The Bertz CT molecular complexity index is 751. The number of pyridine rings is 1. The van der Waals surface area contributed by atoms with E-state index in [1.54, 1.807) is 6.20 Å². The van der Waals surface area contributed by atoms with E-state index in [0.717, 1.165) is 10.6 Å². The Balaban J connectivity index is 1.72. The molecule has 2 heterocycles. The van der Waals surface area contributed by atoms with E-state index in [0.29, 0.717) is 5.06 Å². The van der Waals surface area contributed by atoms with Crippen LogP contribution in [-0.2, 0) is 19.2 Å². The van der Waals surface area contributed by atoms with E-state index in [9.17, 15) is 14.4 Å². The van der Waals surface area contributed by atoms with Gasteiger partial charge in [0.2, 0.25) is 0 Å². The van der Waals surface area contributed by atoms with Crippen molar-refractivity contribution in [3.05, 3.63) is 60.3 Å². The lowest BCUT2D eigenvalue weighted by Crippen LogP contribution is -2.32. The average Bonchev–Trinajstić information content (AvgIpc) is 2.95. The first-order chi connectivity index (χ1) is 12.1. The molecule has 1 aromatic heterocycles. The lowest BCUT2D eigenvalue weighted by molar-refractivity contribution is -0.197. The second-order valence-corrected chi connectivity index (χ2v) is 6.66. The smallest absolute Gasteiger partial charge is 0.330 e. The third-order valence-electron chi connectivity index (χ3n) is 3.62. The number of carbonyl (C=O) groups excluding carboxylic acids is 3. The van der Waals surface area contributed by atoms with Crippen molar-refractivity contribution in [1.82, 2.24) is 10.0 Å². The van der Waals surface area contributed by atoms with Crippen LogP contribution in [0, 0.1) is 0 Å². The van der Waals surface area contributed by atoms with Crippen LogP contribution in [0.2, 0.25) is 0 Å². The van der Waals surface area contributed by atoms with E-state index >= 15 is 0 Å². The maximum absolute atomic E-state index is 12.3. The predicted octanol–water partition coefficient (Wildman–Crippen LogP) is 2.91. The predicted molar refractivity (Wildman–Crippen MR) is 91.1 cm³/mol. The van der Waals surface area contributed by atoms with Gasteiger partial charge in [0.25, 0.3) is 11.8 Å². The fourth-order valence-electron chi connectivity index (χ4n) is 2.41. The maximum atomic E-state index is 12.3. The highest BCUT2D eigenvalue weighted by molar-refractivity contribution is 7.99. The van der Waals surface area contributed by atoms with Crippen molar-refractivity contribution >= 4 is 29.5 Å². The highest BCUT2D eigenvalue weighted by Crippen LogP contribution is 2.37. The molecule has 1 atom stereocenters. The monoisotopic (exact) mass is 356 g/mol. The van der Waals surface area contributed by atoms with Crippen LogP contribution >= 0.6 is 11.8 Å². The van der Waals surface area contributed by atoms with Gasteiger partial charge in [-0.2, -0.15) is 0 Å². The summed E-state index contributed by atoms with van der Waals surface area (Å²) in [7, 11) is 0. The Hall–Kier alpha value is -2.67. The van der Waals surface area contributed by atoms with Gasteiger partial charge >= 0.3 is 5.97 Å². The number of hydroxylamine groups is 2. The molecule has 1 aliphatic rings. The van der Waals surface area contributed by atoms with Gasteiger partial charge in [0.15, 0.2) is 0 Å². The molecule has 1 unspecified atom stereocenters. The SMILES string of the molecule is O=C(CC(Sc1ccccn1)c1ccccc1)ON1C(=O)CCC1=O. The summed E-state index contributed by atoms with van der Waals surface area (Å²) in [6, 6.07) is 15.1. The molecule has 6 nitrogen and oxygen atoms in total. The van der Waals surface area contributed by atoms with Crippen LogP contribution in [0.25, 0.3) is 0 Å². The number of thioether (sulfide) groups is 1.